The molecule has 0 bridgehead atoms. The molecule has 0 saturated carbocycles. The number of nitrogens with one attached hydrogen (secondary N) is 1. The molecule has 0 atom stereocenters. The van der Waals surface area contributed by atoms with Gasteiger partial charge >= 0.3 is 0 Å². The monoisotopic (exact) mass is 181 g/mol. The SMILES string of the molecule is O=C(S)NCCc1ccccc1. The van der Waals surface area contributed by atoms with Crippen LogP contribution in [0.1, 0.15) is 5.56 Å². The summed E-state index contributed by atoms with van der Waals surface area (Å²) in [5.41, 5.74) is 1.22. The maximum atomic E-state index is 10.4. The normalized spacial score (nSPS) is 9.42. The van der Waals surface area contributed by atoms with Gasteiger partial charge in [0.15, 0.2) is 0 Å². The molecule has 3 heteroatoms. The highest BCUT2D eigenvalue weighted by Crippen LogP contribution is 1.98. The van der Waals surface area contributed by atoms with Gasteiger partial charge in [-0.1, -0.05) is 43.0 Å². The number of carbonyl (C=O) groups excluding carboxylic acids is 1. The van der Waals surface area contributed by atoms with Crippen molar-refractivity contribution in [2.75, 3.05) is 6.54 Å². The van der Waals surface area contributed by atoms with Crippen molar-refractivity contribution in [2.24, 2.45) is 0 Å². The number of rotatable bonds is 3. The van der Waals surface area contributed by atoms with Crippen LogP contribution >= 0.6 is 12.6 Å². The quantitative estimate of drug-likeness (QED) is 0.685. The first-order chi connectivity index (χ1) is 5.79. The van der Waals surface area contributed by atoms with Crippen LogP contribution in [0.3, 0.4) is 0 Å². The van der Waals surface area contributed by atoms with Gasteiger partial charge in [0.2, 0.25) is 0 Å². The van der Waals surface area contributed by atoms with Crippen LogP contribution in [-0.2, 0) is 6.42 Å². The lowest BCUT2D eigenvalue weighted by atomic mass is 10.2. The lowest BCUT2D eigenvalue weighted by molar-refractivity contribution is 0.261. The molecule has 1 amide bonds. The summed E-state index contributed by atoms with van der Waals surface area (Å²) >= 11 is 3.59. The predicted octanol–water partition coefficient (Wildman–Crippen LogP) is 1.87. The molecule has 0 spiro atoms. The van der Waals surface area contributed by atoms with Gasteiger partial charge in [-0.15, -0.1) is 0 Å². The summed E-state index contributed by atoms with van der Waals surface area (Å²) in [6.45, 7) is 0.645. The molecule has 0 aliphatic carbocycles. The van der Waals surface area contributed by atoms with Crippen LogP contribution in [0.4, 0.5) is 4.79 Å². The Morgan fingerprint density at radius 1 is 1.33 bits per heavy atom. The highest BCUT2D eigenvalue weighted by Gasteiger charge is 1.92. The average Bonchev–Trinajstić information content (AvgIpc) is 2.05. The Hall–Kier alpha value is -0.960. The molecule has 0 aromatic heterocycles. The van der Waals surface area contributed by atoms with Gasteiger partial charge in [-0.3, -0.25) is 4.79 Å². The fourth-order valence-corrected chi connectivity index (χ4v) is 1.07. The Kier molecular flexibility index (Phi) is 3.67. The van der Waals surface area contributed by atoms with Crippen LogP contribution in [-0.4, -0.2) is 11.8 Å². The molecule has 2 nitrogen and oxygen atoms in total. The third-order valence-electron chi connectivity index (χ3n) is 1.53. The summed E-state index contributed by atoms with van der Waals surface area (Å²) in [6.07, 6.45) is 0.854. The Balaban J connectivity index is 2.29. The van der Waals surface area contributed by atoms with Crippen molar-refractivity contribution in [2.45, 2.75) is 6.42 Å². The van der Waals surface area contributed by atoms with E-state index in [0.29, 0.717) is 6.54 Å². The number of carbonyl (C=O) groups is 1. The highest BCUT2D eigenvalue weighted by molar-refractivity contribution is 7.96. The molecule has 0 aliphatic heterocycles. The van der Waals surface area contributed by atoms with Crippen molar-refractivity contribution in [1.82, 2.24) is 5.32 Å². The zero-order valence-electron chi connectivity index (χ0n) is 6.66. The van der Waals surface area contributed by atoms with E-state index in [2.05, 4.69) is 17.9 Å². The van der Waals surface area contributed by atoms with Gasteiger partial charge in [0.1, 0.15) is 0 Å². The first kappa shape index (κ1) is 9.13. The minimum Gasteiger partial charge on any atom is -0.347 e. The molecule has 0 heterocycles. The van der Waals surface area contributed by atoms with E-state index in [1.54, 1.807) is 0 Å². The van der Waals surface area contributed by atoms with Crippen LogP contribution < -0.4 is 5.32 Å². The topological polar surface area (TPSA) is 29.1 Å². The van der Waals surface area contributed by atoms with E-state index in [1.165, 1.54) is 5.56 Å². The van der Waals surface area contributed by atoms with E-state index in [0.717, 1.165) is 6.42 Å². The summed E-state index contributed by atoms with van der Waals surface area (Å²) in [6, 6.07) is 10.0. The summed E-state index contributed by atoms with van der Waals surface area (Å²) in [5.74, 6) is 0. The van der Waals surface area contributed by atoms with E-state index in [-0.39, 0.29) is 5.24 Å². The van der Waals surface area contributed by atoms with Crippen molar-refractivity contribution in [3.63, 3.8) is 0 Å². The van der Waals surface area contributed by atoms with Crippen molar-refractivity contribution in [1.29, 1.82) is 0 Å². The lowest BCUT2D eigenvalue weighted by Crippen LogP contribution is -2.19. The third-order valence-corrected chi connectivity index (χ3v) is 1.69. The molecular formula is C9H11NOS. The fraction of sp³-hybridized carbons (Fsp3) is 0.222. The first-order valence-corrected chi connectivity index (χ1v) is 4.24. The largest absolute Gasteiger partial charge is 0.347 e. The van der Waals surface area contributed by atoms with Crippen molar-refractivity contribution in [3.8, 4) is 0 Å². The van der Waals surface area contributed by atoms with Crippen molar-refractivity contribution < 1.29 is 4.79 Å². The smallest absolute Gasteiger partial charge is 0.275 e. The summed E-state index contributed by atoms with van der Waals surface area (Å²) in [4.78, 5) is 10.4. The van der Waals surface area contributed by atoms with Gasteiger partial charge in [0, 0.05) is 6.54 Å². The predicted molar refractivity (Wildman–Crippen MR) is 52.5 cm³/mol. The van der Waals surface area contributed by atoms with Crippen LogP contribution in [0.2, 0.25) is 0 Å². The summed E-state index contributed by atoms with van der Waals surface area (Å²) in [5, 5.41) is 2.35. The van der Waals surface area contributed by atoms with Gasteiger partial charge in [-0.25, -0.2) is 0 Å². The van der Waals surface area contributed by atoms with Crippen molar-refractivity contribution in [3.05, 3.63) is 35.9 Å². The van der Waals surface area contributed by atoms with E-state index in [9.17, 15) is 4.79 Å². The molecule has 0 fully saturated rings. The van der Waals surface area contributed by atoms with Gasteiger partial charge in [0.05, 0.1) is 0 Å². The molecule has 0 radical (unpaired) electrons. The second-order valence-corrected chi connectivity index (χ2v) is 2.87. The number of amides is 1. The van der Waals surface area contributed by atoms with Crippen LogP contribution in [0, 0.1) is 0 Å². The Morgan fingerprint density at radius 3 is 2.58 bits per heavy atom. The zero-order valence-corrected chi connectivity index (χ0v) is 7.55. The lowest BCUT2D eigenvalue weighted by Gasteiger charge is -2.00. The molecule has 1 N–H and O–H groups in total. The average molecular weight is 181 g/mol. The molecule has 0 unspecified atom stereocenters. The number of hydrogen-bond acceptors (Lipinski definition) is 1. The van der Waals surface area contributed by atoms with E-state index in [1.807, 2.05) is 30.3 Å². The molecule has 0 saturated heterocycles. The van der Waals surface area contributed by atoms with Crippen molar-refractivity contribution >= 4 is 17.9 Å². The molecule has 12 heavy (non-hydrogen) atoms. The molecule has 0 aliphatic rings. The van der Waals surface area contributed by atoms with E-state index >= 15 is 0 Å². The maximum absolute atomic E-state index is 10.4. The maximum Gasteiger partial charge on any atom is 0.275 e. The number of thiol groups is 1. The number of hydrogen-bond donors (Lipinski definition) is 2. The molecule has 64 valence electrons. The Bertz CT molecular complexity index is 248. The highest BCUT2D eigenvalue weighted by atomic mass is 32.1. The van der Waals surface area contributed by atoms with E-state index < -0.39 is 0 Å². The minimum atomic E-state index is -0.272. The Morgan fingerprint density at radius 2 is 2.00 bits per heavy atom. The summed E-state index contributed by atoms with van der Waals surface area (Å²) < 4.78 is 0. The number of benzene rings is 1. The Labute approximate surface area is 77.4 Å². The first-order valence-electron chi connectivity index (χ1n) is 3.80. The van der Waals surface area contributed by atoms with Crippen LogP contribution in [0.15, 0.2) is 30.3 Å². The van der Waals surface area contributed by atoms with Gasteiger partial charge in [-0.2, -0.15) is 0 Å². The molecule has 1 rings (SSSR count). The van der Waals surface area contributed by atoms with E-state index in [4.69, 9.17) is 0 Å². The molecular weight excluding hydrogens is 170 g/mol. The fourth-order valence-electron chi connectivity index (χ4n) is 0.958. The van der Waals surface area contributed by atoms with Crippen LogP contribution in [0.5, 0.6) is 0 Å². The second kappa shape index (κ2) is 4.83. The van der Waals surface area contributed by atoms with Gasteiger partial charge in [0.25, 0.3) is 5.24 Å². The molecule has 1 aromatic carbocycles. The van der Waals surface area contributed by atoms with Crippen LogP contribution in [0.25, 0.3) is 0 Å². The molecule has 1 aromatic rings. The minimum absolute atomic E-state index is 0.272. The standard InChI is InChI=1S/C9H11NOS/c11-9(12)10-7-6-8-4-2-1-3-5-8/h1-5H,6-7H2,(H2,10,11,12). The third kappa shape index (κ3) is 3.44. The second-order valence-electron chi connectivity index (χ2n) is 2.47. The van der Waals surface area contributed by atoms with Gasteiger partial charge < -0.3 is 5.32 Å². The zero-order chi connectivity index (χ0) is 8.81. The summed E-state index contributed by atoms with van der Waals surface area (Å²) in [7, 11) is 0. The van der Waals surface area contributed by atoms with Gasteiger partial charge in [-0.05, 0) is 12.0 Å².